The standard InChI is InChI=1S/C17H17NO/c1-13(12-18)17(19)16(14-8-4-2-5-9-14)15-10-6-3-7-11-15/h2-11,13,16-17,19H,1H3. The first-order valence-electron chi connectivity index (χ1n) is 6.41. The molecule has 2 nitrogen and oxygen atoms in total. The summed E-state index contributed by atoms with van der Waals surface area (Å²) in [6.07, 6.45) is -0.713. The van der Waals surface area contributed by atoms with Crippen molar-refractivity contribution in [2.24, 2.45) is 5.92 Å². The minimum absolute atomic E-state index is 0.169. The summed E-state index contributed by atoms with van der Waals surface area (Å²) in [5.74, 6) is -0.581. The van der Waals surface area contributed by atoms with Crippen molar-refractivity contribution in [3.8, 4) is 6.07 Å². The van der Waals surface area contributed by atoms with Gasteiger partial charge in [-0.05, 0) is 18.1 Å². The third-order valence-corrected chi connectivity index (χ3v) is 3.37. The van der Waals surface area contributed by atoms with E-state index in [4.69, 9.17) is 5.26 Å². The highest BCUT2D eigenvalue weighted by Crippen LogP contribution is 2.31. The second-order valence-electron chi connectivity index (χ2n) is 4.71. The molecule has 0 spiro atoms. The Hall–Kier alpha value is -2.11. The zero-order valence-electron chi connectivity index (χ0n) is 10.9. The van der Waals surface area contributed by atoms with Crippen molar-refractivity contribution in [3.05, 3.63) is 71.8 Å². The van der Waals surface area contributed by atoms with Crippen LogP contribution in [0.5, 0.6) is 0 Å². The fourth-order valence-corrected chi connectivity index (χ4v) is 2.27. The number of hydrogen-bond acceptors (Lipinski definition) is 2. The molecule has 0 fully saturated rings. The molecule has 2 atom stereocenters. The van der Waals surface area contributed by atoms with Crippen molar-refractivity contribution in [2.75, 3.05) is 0 Å². The highest BCUT2D eigenvalue weighted by Gasteiger charge is 2.27. The lowest BCUT2D eigenvalue weighted by molar-refractivity contribution is 0.123. The molecule has 0 aliphatic rings. The summed E-state index contributed by atoms with van der Waals surface area (Å²) in [7, 11) is 0. The molecule has 96 valence electrons. The molecule has 0 radical (unpaired) electrons. The molecule has 0 saturated carbocycles. The minimum atomic E-state index is -0.713. The molecule has 2 rings (SSSR count). The summed E-state index contributed by atoms with van der Waals surface area (Å²) in [6, 6.07) is 21.8. The van der Waals surface area contributed by atoms with E-state index in [-0.39, 0.29) is 5.92 Å². The summed E-state index contributed by atoms with van der Waals surface area (Å²) >= 11 is 0. The first-order chi connectivity index (χ1) is 9.24. The molecule has 2 unspecified atom stereocenters. The van der Waals surface area contributed by atoms with Gasteiger partial charge in [-0.1, -0.05) is 60.7 Å². The lowest BCUT2D eigenvalue weighted by Crippen LogP contribution is -2.26. The number of nitriles is 1. The maximum absolute atomic E-state index is 10.5. The molecule has 2 aromatic rings. The first-order valence-corrected chi connectivity index (χ1v) is 6.41. The van der Waals surface area contributed by atoms with Gasteiger partial charge in [-0.25, -0.2) is 0 Å². The lowest BCUT2D eigenvalue weighted by Gasteiger charge is -2.25. The van der Waals surface area contributed by atoms with Gasteiger partial charge in [-0.2, -0.15) is 5.26 Å². The lowest BCUT2D eigenvalue weighted by atomic mass is 9.82. The first kappa shape index (κ1) is 13.3. The Kier molecular flexibility index (Phi) is 4.33. The maximum atomic E-state index is 10.5. The number of nitrogens with zero attached hydrogens (tertiary/aromatic N) is 1. The Labute approximate surface area is 114 Å². The number of benzene rings is 2. The van der Waals surface area contributed by atoms with E-state index in [0.717, 1.165) is 11.1 Å². The third kappa shape index (κ3) is 3.01. The second-order valence-corrected chi connectivity index (χ2v) is 4.71. The summed E-state index contributed by atoms with van der Waals surface area (Å²) in [5, 5.41) is 19.5. The van der Waals surface area contributed by atoms with Gasteiger partial charge in [-0.3, -0.25) is 0 Å². The van der Waals surface area contributed by atoms with Gasteiger partial charge in [-0.15, -0.1) is 0 Å². The van der Waals surface area contributed by atoms with E-state index < -0.39 is 12.0 Å². The van der Waals surface area contributed by atoms with Gasteiger partial charge in [0.2, 0.25) is 0 Å². The van der Waals surface area contributed by atoms with Crippen LogP contribution in [0, 0.1) is 17.2 Å². The van der Waals surface area contributed by atoms with Gasteiger partial charge in [0.1, 0.15) is 0 Å². The molecule has 0 saturated heterocycles. The normalized spacial score (nSPS) is 13.8. The predicted molar refractivity (Wildman–Crippen MR) is 75.5 cm³/mol. The fourth-order valence-electron chi connectivity index (χ4n) is 2.27. The van der Waals surface area contributed by atoms with Crippen molar-refractivity contribution >= 4 is 0 Å². The second kappa shape index (κ2) is 6.17. The quantitative estimate of drug-likeness (QED) is 0.905. The SMILES string of the molecule is CC(C#N)C(O)C(c1ccccc1)c1ccccc1. The minimum Gasteiger partial charge on any atom is -0.391 e. The average molecular weight is 251 g/mol. The van der Waals surface area contributed by atoms with Crippen LogP contribution < -0.4 is 0 Å². The van der Waals surface area contributed by atoms with Gasteiger partial charge >= 0.3 is 0 Å². The van der Waals surface area contributed by atoms with Crippen LogP contribution in [0.1, 0.15) is 24.0 Å². The summed E-state index contributed by atoms with van der Waals surface area (Å²) in [5.41, 5.74) is 2.06. The third-order valence-electron chi connectivity index (χ3n) is 3.37. The van der Waals surface area contributed by atoms with Crippen LogP contribution in [0.25, 0.3) is 0 Å². The molecule has 0 amide bonds. The number of hydrogen-bond donors (Lipinski definition) is 1. The predicted octanol–water partition coefficient (Wildman–Crippen LogP) is 3.34. The number of rotatable bonds is 4. The zero-order chi connectivity index (χ0) is 13.7. The van der Waals surface area contributed by atoms with Crippen LogP contribution in [0.15, 0.2) is 60.7 Å². The van der Waals surface area contributed by atoms with Crippen molar-refractivity contribution in [3.63, 3.8) is 0 Å². The van der Waals surface area contributed by atoms with E-state index in [9.17, 15) is 5.11 Å². The summed E-state index contributed by atoms with van der Waals surface area (Å²) in [6.45, 7) is 1.75. The van der Waals surface area contributed by atoms with Crippen LogP contribution in [0.3, 0.4) is 0 Å². The molecule has 0 aromatic heterocycles. The van der Waals surface area contributed by atoms with Crippen molar-refractivity contribution in [1.29, 1.82) is 5.26 Å². The van der Waals surface area contributed by atoms with Gasteiger partial charge < -0.3 is 5.11 Å². The molecule has 0 bridgehead atoms. The molecule has 19 heavy (non-hydrogen) atoms. The highest BCUT2D eigenvalue weighted by molar-refractivity contribution is 5.34. The largest absolute Gasteiger partial charge is 0.391 e. The Morgan fingerprint density at radius 2 is 1.32 bits per heavy atom. The highest BCUT2D eigenvalue weighted by atomic mass is 16.3. The van der Waals surface area contributed by atoms with Crippen LogP contribution in [0.2, 0.25) is 0 Å². The van der Waals surface area contributed by atoms with Crippen LogP contribution >= 0.6 is 0 Å². The molecular formula is C17H17NO. The molecule has 1 N–H and O–H groups in total. The van der Waals surface area contributed by atoms with Gasteiger partial charge in [0.25, 0.3) is 0 Å². The molecule has 2 heteroatoms. The van der Waals surface area contributed by atoms with Crippen LogP contribution in [-0.4, -0.2) is 11.2 Å². The molecular weight excluding hydrogens is 234 g/mol. The van der Waals surface area contributed by atoms with E-state index in [1.807, 2.05) is 60.7 Å². The smallest absolute Gasteiger partial charge is 0.0804 e. The molecule has 2 aromatic carbocycles. The zero-order valence-corrected chi connectivity index (χ0v) is 10.9. The van der Waals surface area contributed by atoms with Crippen LogP contribution in [0.4, 0.5) is 0 Å². The van der Waals surface area contributed by atoms with Crippen molar-refractivity contribution in [1.82, 2.24) is 0 Å². The van der Waals surface area contributed by atoms with E-state index in [1.54, 1.807) is 6.92 Å². The number of aliphatic hydroxyl groups is 1. The Morgan fingerprint density at radius 3 is 1.68 bits per heavy atom. The summed E-state index contributed by atoms with van der Waals surface area (Å²) in [4.78, 5) is 0. The summed E-state index contributed by atoms with van der Waals surface area (Å²) < 4.78 is 0. The van der Waals surface area contributed by atoms with E-state index in [0.29, 0.717) is 0 Å². The Balaban J connectivity index is 2.43. The topological polar surface area (TPSA) is 44.0 Å². The Morgan fingerprint density at radius 1 is 0.895 bits per heavy atom. The monoisotopic (exact) mass is 251 g/mol. The molecule has 0 aliphatic carbocycles. The van der Waals surface area contributed by atoms with Gasteiger partial charge in [0.15, 0.2) is 0 Å². The molecule has 0 aliphatic heterocycles. The van der Waals surface area contributed by atoms with E-state index >= 15 is 0 Å². The van der Waals surface area contributed by atoms with Gasteiger partial charge in [0, 0.05) is 5.92 Å². The average Bonchev–Trinajstić information content (AvgIpc) is 2.49. The van der Waals surface area contributed by atoms with Gasteiger partial charge in [0.05, 0.1) is 18.1 Å². The van der Waals surface area contributed by atoms with E-state index in [2.05, 4.69) is 6.07 Å². The van der Waals surface area contributed by atoms with Crippen LogP contribution in [-0.2, 0) is 0 Å². The van der Waals surface area contributed by atoms with E-state index in [1.165, 1.54) is 0 Å². The molecule has 0 heterocycles. The number of aliphatic hydroxyl groups excluding tert-OH is 1. The Bertz CT molecular complexity index is 505. The maximum Gasteiger partial charge on any atom is 0.0804 e. The van der Waals surface area contributed by atoms with Crippen molar-refractivity contribution < 1.29 is 5.11 Å². The fraction of sp³-hybridized carbons (Fsp3) is 0.235. The van der Waals surface area contributed by atoms with Crippen molar-refractivity contribution in [2.45, 2.75) is 18.9 Å².